The Labute approximate surface area is 209 Å². The number of hydrogen-bond acceptors (Lipinski definition) is 5. The topological polar surface area (TPSA) is 139 Å². The summed E-state index contributed by atoms with van der Waals surface area (Å²) in [6.07, 6.45) is 5.01. The van der Waals surface area contributed by atoms with Crippen LogP contribution in [-0.4, -0.2) is 30.3 Å². The summed E-state index contributed by atoms with van der Waals surface area (Å²) in [5.41, 5.74) is 13.2. The van der Waals surface area contributed by atoms with E-state index in [1.54, 1.807) is 24.3 Å². The molecule has 2 aromatic carbocycles. The van der Waals surface area contributed by atoms with Gasteiger partial charge in [0.1, 0.15) is 0 Å². The van der Waals surface area contributed by atoms with Crippen molar-refractivity contribution in [1.82, 2.24) is 0 Å². The molecule has 0 heterocycles. The number of benzene rings is 2. The molecule has 9 heteroatoms. The van der Waals surface area contributed by atoms with Crippen LogP contribution in [0, 0.1) is 0 Å². The van der Waals surface area contributed by atoms with E-state index in [2.05, 4.69) is 31.9 Å². The molecule has 0 aliphatic heterocycles. The molecule has 8 nitrogen and oxygen atoms in total. The number of unbranched alkanes of at least 4 members (excludes halogenated alkanes) is 3. The van der Waals surface area contributed by atoms with E-state index < -0.39 is 6.04 Å². The maximum atomic E-state index is 12.4. The van der Waals surface area contributed by atoms with Crippen LogP contribution >= 0.6 is 15.9 Å². The normalized spacial score (nSPS) is 11.5. The number of rotatable bonds is 14. The predicted molar refractivity (Wildman–Crippen MR) is 140 cm³/mol. The van der Waals surface area contributed by atoms with Gasteiger partial charge in [0.05, 0.1) is 17.4 Å². The first-order valence-electron chi connectivity index (χ1n) is 11.6. The molecule has 0 aliphatic rings. The Morgan fingerprint density at radius 3 is 2.09 bits per heavy atom. The highest BCUT2D eigenvalue weighted by atomic mass is 79.9. The molecule has 0 spiro atoms. The first-order valence-corrected chi connectivity index (χ1v) is 12.4. The van der Waals surface area contributed by atoms with Crippen LogP contribution in [0.4, 0.5) is 17.1 Å². The fraction of sp³-hybridized carbons (Fsp3) is 0.400. The smallest absolute Gasteiger partial charge is 0.241 e. The standard InChI is InChI=1S/C25H34BrN5O3/c26-18-9-8-10-19(17-18)29-23(32)14-2-1-3-15-24(33)30-21-12-4-5-13-22(21)31-25(34)20(28)11-6-7-16-27/h4-5,8-10,12-13,17,20H,1-3,6-7,11,14-16,27-28H2,(H,29,32)(H,30,33)(H,31,34)/t20-/m0/s1. The van der Waals surface area contributed by atoms with E-state index in [1.807, 2.05) is 24.3 Å². The number of para-hydroxylation sites is 2. The second kappa shape index (κ2) is 15.2. The Hall–Kier alpha value is -2.75. The van der Waals surface area contributed by atoms with E-state index in [4.69, 9.17) is 11.5 Å². The van der Waals surface area contributed by atoms with Crippen LogP contribution in [0.1, 0.15) is 51.4 Å². The third kappa shape index (κ3) is 10.5. The van der Waals surface area contributed by atoms with E-state index in [1.165, 1.54) is 0 Å². The zero-order valence-corrected chi connectivity index (χ0v) is 20.9. The second-order valence-corrected chi connectivity index (χ2v) is 9.01. The van der Waals surface area contributed by atoms with Crippen molar-refractivity contribution < 1.29 is 14.4 Å². The van der Waals surface area contributed by atoms with Crippen molar-refractivity contribution in [2.24, 2.45) is 11.5 Å². The van der Waals surface area contributed by atoms with Crippen molar-refractivity contribution in [1.29, 1.82) is 0 Å². The van der Waals surface area contributed by atoms with Crippen molar-refractivity contribution >= 4 is 50.7 Å². The average Bonchev–Trinajstić information content (AvgIpc) is 2.80. The largest absolute Gasteiger partial charge is 0.330 e. The average molecular weight is 532 g/mol. The van der Waals surface area contributed by atoms with Gasteiger partial charge in [0.25, 0.3) is 0 Å². The van der Waals surface area contributed by atoms with Crippen molar-refractivity contribution in [2.45, 2.75) is 57.4 Å². The molecule has 0 aromatic heterocycles. The zero-order chi connectivity index (χ0) is 24.8. The van der Waals surface area contributed by atoms with E-state index in [-0.39, 0.29) is 17.7 Å². The Morgan fingerprint density at radius 2 is 1.44 bits per heavy atom. The minimum Gasteiger partial charge on any atom is -0.330 e. The molecule has 0 aliphatic carbocycles. The van der Waals surface area contributed by atoms with Gasteiger partial charge in [-0.1, -0.05) is 47.0 Å². The third-order valence-electron chi connectivity index (χ3n) is 5.18. The quantitative estimate of drug-likeness (QED) is 0.230. The Kier molecular flexibility index (Phi) is 12.3. The summed E-state index contributed by atoms with van der Waals surface area (Å²) in [6.45, 7) is 0.572. The van der Waals surface area contributed by atoms with Gasteiger partial charge >= 0.3 is 0 Å². The summed E-state index contributed by atoms with van der Waals surface area (Å²) >= 11 is 3.38. The maximum Gasteiger partial charge on any atom is 0.241 e. The lowest BCUT2D eigenvalue weighted by molar-refractivity contribution is -0.118. The molecule has 34 heavy (non-hydrogen) atoms. The third-order valence-corrected chi connectivity index (χ3v) is 5.67. The van der Waals surface area contributed by atoms with E-state index in [9.17, 15) is 14.4 Å². The molecule has 0 fully saturated rings. The van der Waals surface area contributed by atoms with Crippen LogP contribution in [0.5, 0.6) is 0 Å². The summed E-state index contributed by atoms with van der Waals surface area (Å²) < 4.78 is 0.905. The zero-order valence-electron chi connectivity index (χ0n) is 19.3. The molecule has 0 bridgehead atoms. The van der Waals surface area contributed by atoms with Gasteiger partial charge in [0.15, 0.2) is 0 Å². The number of hydrogen-bond donors (Lipinski definition) is 5. The van der Waals surface area contributed by atoms with Gasteiger partial charge in [-0.3, -0.25) is 14.4 Å². The lowest BCUT2D eigenvalue weighted by Gasteiger charge is -2.15. The van der Waals surface area contributed by atoms with Gasteiger partial charge in [-0.15, -0.1) is 0 Å². The highest BCUT2D eigenvalue weighted by Gasteiger charge is 2.15. The number of nitrogens with two attached hydrogens (primary N) is 2. The van der Waals surface area contributed by atoms with Crippen molar-refractivity contribution in [3.63, 3.8) is 0 Å². The van der Waals surface area contributed by atoms with Crippen LogP contribution in [0.2, 0.25) is 0 Å². The van der Waals surface area contributed by atoms with Crippen molar-refractivity contribution in [2.75, 3.05) is 22.5 Å². The van der Waals surface area contributed by atoms with Gasteiger partial charge in [-0.2, -0.15) is 0 Å². The van der Waals surface area contributed by atoms with Gasteiger partial charge in [0, 0.05) is 23.0 Å². The lowest BCUT2D eigenvalue weighted by atomic mass is 10.1. The molecule has 0 saturated carbocycles. The Balaban J connectivity index is 1.70. The molecule has 2 rings (SSSR count). The number of nitrogens with one attached hydrogen (secondary N) is 3. The van der Waals surface area contributed by atoms with Gasteiger partial charge in [0.2, 0.25) is 17.7 Å². The Morgan fingerprint density at radius 1 is 0.794 bits per heavy atom. The van der Waals surface area contributed by atoms with Crippen LogP contribution in [0.3, 0.4) is 0 Å². The number of halogens is 1. The molecule has 0 radical (unpaired) electrons. The highest BCUT2D eigenvalue weighted by molar-refractivity contribution is 9.10. The van der Waals surface area contributed by atoms with Crippen LogP contribution in [0.15, 0.2) is 53.0 Å². The van der Waals surface area contributed by atoms with Crippen molar-refractivity contribution in [3.05, 3.63) is 53.0 Å². The number of carbonyl (C=O) groups is 3. The lowest BCUT2D eigenvalue weighted by Crippen LogP contribution is -2.35. The monoisotopic (exact) mass is 531 g/mol. The molecular weight excluding hydrogens is 498 g/mol. The minimum atomic E-state index is -0.629. The van der Waals surface area contributed by atoms with Crippen molar-refractivity contribution in [3.8, 4) is 0 Å². The van der Waals surface area contributed by atoms with Gasteiger partial charge < -0.3 is 27.4 Å². The molecule has 184 valence electrons. The molecule has 2 aromatic rings. The number of anilines is 3. The molecule has 3 amide bonds. The van der Waals surface area contributed by atoms with E-state index >= 15 is 0 Å². The van der Waals surface area contributed by atoms with Crippen LogP contribution in [0.25, 0.3) is 0 Å². The fourth-order valence-electron chi connectivity index (χ4n) is 3.32. The minimum absolute atomic E-state index is 0.0477. The van der Waals surface area contributed by atoms with Crippen LogP contribution in [-0.2, 0) is 14.4 Å². The van der Waals surface area contributed by atoms with Crippen LogP contribution < -0.4 is 27.4 Å². The second-order valence-electron chi connectivity index (χ2n) is 8.09. The summed E-state index contributed by atoms with van der Waals surface area (Å²) in [5, 5.41) is 8.51. The SMILES string of the molecule is NCCCC[C@H](N)C(=O)Nc1ccccc1NC(=O)CCCCCC(=O)Nc1cccc(Br)c1. The summed E-state index contributed by atoms with van der Waals surface area (Å²) in [4.78, 5) is 36.8. The first kappa shape index (κ1) is 27.5. The molecule has 0 saturated heterocycles. The number of amides is 3. The highest BCUT2D eigenvalue weighted by Crippen LogP contribution is 2.22. The summed E-state index contributed by atoms with van der Waals surface area (Å²) in [7, 11) is 0. The van der Waals surface area contributed by atoms with Gasteiger partial charge in [-0.25, -0.2) is 0 Å². The number of carbonyl (C=O) groups excluding carboxylic acids is 3. The Bertz CT molecular complexity index is 954. The predicted octanol–water partition coefficient (Wildman–Crippen LogP) is 4.37. The van der Waals surface area contributed by atoms with Gasteiger partial charge in [-0.05, 0) is 62.6 Å². The summed E-state index contributed by atoms with van der Waals surface area (Å²) in [6, 6.07) is 13.8. The van der Waals surface area contributed by atoms with E-state index in [0.717, 1.165) is 29.4 Å². The summed E-state index contributed by atoms with van der Waals surface area (Å²) in [5.74, 6) is -0.485. The molecule has 1 atom stereocenters. The molecular formula is C25H34BrN5O3. The molecule has 7 N–H and O–H groups in total. The maximum absolute atomic E-state index is 12.4. The molecule has 0 unspecified atom stereocenters. The first-order chi connectivity index (χ1) is 16.4. The fourth-order valence-corrected chi connectivity index (χ4v) is 3.72. The van der Waals surface area contributed by atoms with E-state index in [0.29, 0.717) is 50.0 Å².